The lowest BCUT2D eigenvalue weighted by Crippen LogP contribution is -2.39. The first-order valence-corrected chi connectivity index (χ1v) is 7.80. The molecule has 1 atom stereocenters. The Morgan fingerprint density at radius 3 is 2.48 bits per heavy atom. The van der Waals surface area contributed by atoms with Crippen LogP contribution in [0.3, 0.4) is 0 Å². The van der Waals surface area contributed by atoms with E-state index in [0.717, 1.165) is 16.9 Å². The zero-order valence-corrected chi connectivity index (χ0v) is 14.1. The van der Waals surface area contributed by atoms with Crippen molar-refractivity contribution < 1.29 is 9.53 Å². The maximum absolute atomic E-state index is 11.2. The molecule has 0 aliphatic carbocycles. The van der Waals surface area contributed by atoms with E-state index in [1.165, 1.54) is 0 Å². The van der Waals surface area contributed by atoms with Crippen LogP contribution in [0.15, 0.2) is 48.5 Å². The summed E-state index contributed by atoms with van der Waals surface area (Å²) in [7, 11) is 1.87. The monoisotopic (exact) mass is 332 g/mol. The van der Waals surface area contributed by atoms with Gasteiger partial charge in [0.1, 0.15) is 12.4 Å². The van der Waals surface area contributed by atoms with Crippen LogP contribution >= 0.6 is 11.6 Å². The molecule has 0 aromatic heterocycles. The average Bonchev–Trinajstić information content (AvgIpc) is 2.54. The SMILES string of the molecule is C[C@@H](C(N)=O)N(C)Cc1ccc(OCc2ccccc2Cl)cc1. The summed E-state index contributed by atoms with van der Waals surface area (Å²) < 4.78 is 5.75. The number of nitrogens with two attached hydrogens (primary N) is 1. The van der Waals surface area contributed by atoms with E-state index in [1.54, 1.807) is 6.92 Å². The standard InChI is InChI=1S/C18H21ClN2O2/c1-13(18(20)22)21(2)11-14-7-9-16(10-8-14)23-12-15-5-3-4-6-17(15)19/h3-10,13H,11-12H2,1-2H3,(H2,20,22)/t13-/m0/s1. The number of carbonyl (C=O) groups is 1. The minimum atomic E-state index is -0.327. The van der Waals surface area contributed by atoms with Gasteiger partial charge in [0, 0.05) is 17.1 Å². The van der Waals surface area contributed by atoms with E-state index in [4.69, 9.17) is 22.1 Å². The lowest BCUT2D eigenvalue weighted by molar-refractivity contribution is -0.122. The highest BCUT2D eigenvalue weighted by atomic mass is 35.5. The Bertz CT molecular complexity index is 658. The summed E-state index contributed by atoms with van der Waals surface area (Å²) >= 11 is 6.10. The number of amides is 1. The van der Waals surface area contributed by atoms with E-state index in [-0.39, 0.29) is 11.9 Å². The van der Waals surface area contributed by atoms with Crippen LogP contribution in [0.5, 0.6) is 5.75 Å². The number of carbonyl (C=O) groups excluding carboxylic acids is 1. The zero-order valence-electron chi connectivity index (χ0n) is 13.3. The van der Waals surface area contributed by atoms with Gasteiger partial charge in [0.05, 0.1) is 6.04 Å². The van der Waals surface area contributed by atoms with Gasteiger partial charge in [-0.3, -0.25) is 9.69 Å². The smallest absolute Gasteiger partial charge is 0.234 e. The first-order valence-electron chi connectivity index (χ1n) is 7.42. The van der Waals surface area contributed by atoms with E-state index < -0.39 is 0 Å². The average molecular weight is 333 g/mol. The highest BCUT2D eigenvalue weighted by Gasteiger charge is 2.14. The fourth-order valence-electron chi connectivity index (χ4n) is 2.11. The quantitative estimate of drug-likeness (QED) is 0.847. The van der Waals surface area contributed by atoms with Crippen molar-refractivity contribution in [2.75, 3.05) is 7.05 Å². The predicted octanol–water partition coefficient (Wildman–Crippen LogP) is 3.22. The molecule has 0 saturated heterocycles. The molecule has 2 rings (SSSR count). The Hall–Kier alpha value is -2.04. The van der Waals surface area contributed by atoms with Crippen molar-refractivity contribution in [3.05, 3.63) is 64.7 Å². The van der Waals surface area contributed by atoms with E-state index in [1.807, 2.05) is 60.5 Å². The van der Waals surface area contributed by atoms with Crippen molar-refractivity contribution in [2.24, 2.45) is 5.73 Å². The number of ether oxygens (including phenoxy) is 1. The molecule has 2 aromatic rings. The van der Waals surface area contributed by atoms with E-state index in [9.17, 15) is 4.79 Å². The lowest BCUT2D eigenvalue weighted by atomic mass is 10.2. The third-order valence-corrected chi connectivity index (χ3v) is 4.15. The second-order valence-corrected chi connectivity index (χ2v) is 5.92. The molecule has 0 heterocycles. The van der Waals surface area contributed by atoms with E-state index in [2.05, 4.69) is 0 Å². The third kappa shape index (κ3) is 4.98. The molecule has 2 N–H and O–H groups in total. The normalized spacial score (nSPS) is 12.2. The molecule has 122 valence electrons. The molecule has 0 aliphatic rings. The van der Waals surface area contributed by atoms with Crippen LogP contribution in [0.2, 0.25) is 5.02 Å². The summed E-state index contributed by atoms with van der Waals surface area (Å²) in [6, 6.07) is 15.1. The van der Waals surface area contributed by atoms with Gasteiger partial charge in [-0.25, -0.2) is 0 Å². The summed E-state index contributed by atoms with van der Waals surface area (Å²) in [5.41, 5.74) is 7.35. The van der Waals surface area contributed by atoms with Crippen LogP contribution in [0.4, 0.5) is 0 Å². The van der Waals surface area contributed by atoms with Crippen molar-refractivity contribution in [1.82, 2.24) is 4.90 Å². The molecule has 0 bridgehead atoms. The van der Waals surface area contributed by atoms with Gasteiger partial charge >= 0.3 is 0 Å². The Morgan fingerprint density at radius 1 is 1.22 bits per heavy atom. The van der Waals surface area contributed by atoms with Gasteiger partial charge in [-0.2, -0.15) is 0 Å². The molecule has 1 amide bonds. The number of primary amides is 1. The first-order chi connectivity index (χ1) is 11.0. The fraction of sp³-hybridized carbons (Fsp3) is 0.278. The highest BCUT2D eigenvalue weighted by molar-refractivity contribution is 6.31. The van der Waals surface area contributed by atoms with Crippen molar-refractivity contribution in [3.8, 4) is 5.75 Å². The third-order valence-electron chi connectivity index (χ3n) is 3.78. The molecule has 0 spiro atoms. The largest absolute Gasteiger partial charge is 0.489 e. The molecule has 0 radical (unpaired) electrons. The van der Waals surface area contributed by atoms with Crippen molar-refractivity contribution in [1.29, 1.82) is 0 Å². The Labute approximate surface area is 141 Å². The predicted molar refractivity (Wildman–Crippen MR) is 92.3 cm³/mol. The van der Waals surface area contributed by atoms with Crippen LogP contribution in [-0.2, 0) is 17.9 Å². The lowest BCUT2D eigenvalue weighted by Gasteiger charge is -2.21. The maximum Gasteiger partial charge on any atom is 0.234 e. The van der Waals surface area contributed by atoms with Gasteiger partial charge in [-0.15, -0.1) is 0 Å². The molecule has 5 heteroatoms. The highest BCUT2D eigenvalue weighted by Crippen LogP contribution is 2.19. The fourth-order valence-corrected chi connectivity index (χ4v) is 2.30. The maximum atomic E-state index is 11.2. The number of halogens is 1. The topological polar surface area (TPSA) is 55.6 Å². The first kappa shape index (κ1) is 17.3. The number of nitrogens with zero attached hydrogens (tertiary/aromatic N) is 1. The molecule has 0 aliphatic heterocycles. The number of rotatable bonds is 7. The van der Waals surface area contributed by atoms with Gasteiger partial charge in [0.25, 0.3) is 0 Å². The molecule has 4 nitrogen and oxygen atoms in total. The minimum Gasteiger partial charge on any atom is -0.489 e. The summed E-state index contributed by atoms with van der Waals surface area (Å²) in [6.45, 7) is 2.87. The van der Waals surface area contributed by atoms with Crippen LogP contribution in [0.1, 0.15) is 18.1 Å². The Kier molecular flexibility index (Phi) is 6.02. The van der Waals surface area contributed by atoms with Crippen LogP contribution in [-0.4, -0.2) is 23.9 Å². The summed E-state index contributed by atoms with van der Waals surface area (Å²) in [4.78, 5) is 13.1. The van der Waals surface area contributed by atoms with Crippen molar-refractivity contribution in [2.45, 2.75) is 26.1 Å². The van der Waals surface area contributed by atoms with Gasteiger partial charge in [0.2, 0.25) is 5.91 Å². The van der Waals surface area contributed by atoms with Gasteiger partial charge < -0.3 is 10.5 Å². The van der Waals surface area contributed by atoms with Crippen LogP contribution in [0.25, 0.3) is 0 Å². The summed E-state index contributed by atoms with van der Waals surface area (Å²) in [5, 5.41) is 0.700. The molecule has 0 fully saturated rings. The second kappa shape index (κ2) is 7.99. The minimum absolute atomic E-state index is 0.300. The molecule has 2 aromatic carbocycles. The van der Waals surface area contributed by atoms with Gasteiger partial charge in [-0.1, -0.05) is 41.9 Å². The zero-order chi connectivity index (χ0) is 16.8. The Morgan fingerprint density at radius 2 is 1.87 bits per heavy atom. The number of benzene rings is 2. The molecule has 0 unspecified atom stereocenters. The Balaban J connectivity index is 1.92. The van der Waals surface area contributed by atoms with Crippen LogP contribution in [0, 0.1) is 0 Å². The number of hydrogen-bond donors (Lipinski definition) is 1. The molecular formula is C18H21ClN2O2. The van der Waals surface area contributed by atoms with Crippen LogP contribution < -0.4 is 10.5 Å². The van der Waals surface area contributed by atoms with Gasteiger partial charge in [-0.05, 0) is 37.7 Å². The summed E-state index contributed by atoms with van der Waals surface area (Å²) in [6.07, 6.45) is 0. The molecule has 23 heavy (non-hydrogen) atoms. The van der Waals surface area contributed by atoms with Gasteiger partial charge in [0.15, 0.2) is 0 Å². The van der Waals surface area contributed by atoms with Crippen molar-refractivity contribution in [3.63, 3.8) is 0 Å². The second-order valence-electron chi connectivity index (χ2n) is 5.52. The molecule has 0 saturated carbocycles. The summed E-state index contributed by atoms with van der Waals surface area (Å²) in [5.74, 6) is 0.450. The number of hydrogen-bond acceptors (Lipinski definition) is 3. The van der Waals surface area contributed by atoms with Crippen molar-refractivity contribution >= 4 is 17.5 Å². The number of likely N-dealkylation sites (N-methyl/N-ethyl adjacent to an activating group) is 1. The van der Waals surface area contributed by atoms with E-state index >= 15 is 0 Å². The molecular weight excluding hydrogens is 312 g/mol. The van der Waals surface area contributed by atoms with E-state index in [0.29, 0.717) is 18.2 Å².